The summed E-state index contributed by atoms with van der Waals surface area (Å²) >= 11 is 1.88. The van der Waals surface area contributed by atoms with Crippen LogP contribution >= 0.6 is 11.3 Å². The van der Waals surface area contributed by atoms with E-state index in [1.165, 1.54) is 26.4 Å². The van der Waals surface area contributed by atoms with E-state index in [-0.39, 0.29) is 0 Å². The van der Waals surface area contributed by atoms with Crippen LogP contribution in [0.15, 0.2) is 30.3 Å². The molecule has 0 atom stereocenters. The average Bonchev–Trinajstić information content (AvgIpc) is 2.71. The van der Waals surface area contributed by atoms with E-state index in [9.17, 15) is 0 Å². The van der Waals surface area contributed by atoms with E-state index >= 15 is 0 Å². The molecular weight excluding hydrogens is 254 g/mol. The zero-order chi connectivity index (χ0) is 13.7. The van der Waals surface area contributed by atoms with Gasteiger partial charge in [0, 0.05) is 30.0 Å². The van der Waals surface area contributed by atoms with Gasteiger partial charge in [-0.1, -0.05) is 24.3 Å². The van der Waals surface area contributed by atoms with Crippen LogP contribution in [0.3, 0.4) is 0 Å². The number of nitrogens with one attached hydrogen (secondary N) is 1. The smallest absolute Gasteiger partial charge is 0.0713 e. The highest BCUT2D eigenvalue weighted by Gasteiger charge is 2.01. The Morgan fingerprint density at radius 3 is 2.32 bits per heavy atom. The van der Waals surface area contributed by atoms with E-state index in [1.54, 1.807) is 7.11 Å². The predicted octanol–water partition coefficient (Wildman–Crippen LogP) is 3.80. The first-order valence-corrected chi connectivity index (χ1v) is 7.34. The van der Waals surface area contributed by atoms with Gasteiger partial charge in [0.2, 0.25) is 0 Å². The van der Waals surface area contributed by atoms with Gasteiger partial charge in [-0.05, 0) is 36.6 Å². The summed E-state index contributed by atoms with van der Waals surface area (Å²) in [6.07, 6.45) is 0. The van der Waals surface area contributed by atoms with Gasteiger partial charge in [-0.15, -0.1) is 11.3 Å². The minimum Gasteiger partial charge on any atom is -0.380 e. The third-order valence-electron chi connectivity index (χ3n) is 3.18. The summed E-state index contributed by atoms with van der Waals surface area (Å²) in [6.45, 7) is 6.88. The number of hydrogen-bond donors (Lipinski definition) is 1. The van der Waals surface area contributed by atoms with Crippen LogP contribution in [-0.2, 0) is 24.4 Å². The molecule has 0 bridgehead atoms. The fourth-order valence-electron chi connectivity index (χ4n) is 1.99. The Morgan fingerprint density at radius 1 is 1.05 bits per heavy atom. The van der Waals surface area contributed by atoms with Crippen LogP contribution in [0.1, 0.15) is 26.4 Å². The molecule has 1 aromatic heterocycles. The van der Waals surface area contributed by atoms with Crippen molar-refractivity contribution in [2.75, 3.05) is 7.11 Å². The Bertz CT molecular complexity index is 497. The Balaban J connectivity index is 1.82. The highest BCUT2D eigenvalue weighted by atomic mass is 32.1. The van der Waals surface area contributed by atoms with Crippen LogP contribution < -0.4 is 5.32 Å². The predicted molar refractivity (Wildman–Crippen MR) is 81.5 cm³/mol. The normalized spacial score (nSPS) is 10.9. The molecular formula is C16H21NOS. The monoisotopic (exact) mass is 275 g/mol. The molecule has 0 unspecified atom stereocenters. The lowest BCUT2D eigenvalue weighted by Crippen LogP contribution is -2.11. The fraction of sp³-hybridized carbons (Fsp3) is 0.375. The van der Waals surface area contributed by atoms with Crippen LogP contribution in [0.4, 0.5) is 0 Å². The molecule has 1 aromatic carbocycles. The van der Waals surface area contributed by atoms with Gasteiger partial charge in [0.1, 0.15) is 0 Å². The Morgan fingerprint density at radius 2 is 1.74 bits per heavy atom. The van der Waals surface area contributed by atoms with E-state index in [4.69, 9.17) is 4.74 Å². The summed E-state index contributed by atoms with van der Waals surface area (Å²) in [5.74, 6) is 0. The minimum atomic E-state index is 0.682. The van der Waals surface area contributed by atoms with Crippen molar-refractivity contribution in [2.24, 2.45) is 0 Å². The quantitative estimate of drug-likeness (QED) is 0.866. The van der Waals surface area contributed by atoms with Gasteiger partial charge in [0.05, 0.1) is 6.61 Å². The standard InChI is InChI=1S/C16H21NOS/c1-12-8-16(19-13(12)2)10-17-9-14-4-6-15(7-5-14)11-18-3/h4-8,17H,9-11H2,1-3H3. The molecule has 19 heavy (non-hydrogen) atoms. The largest absolute Gasteiger partial charge is 0.380 e. The van der Waals surface area contributed by atoms with Crippen molar-refractivity contribution in [1.29, 1.82) is 0 Å². The molecule has 3 heteroatoms. The third-order valence-corrected chi connectivity index (χ3v) is 4.33. The van der Waals surface area contributed by atoms with Crippen LogP contribution in [0.2, 0.25) is 0 Å². The second-order valence-corrected chi connectivity index (χ2v) is 6.15. The summed E-state index contributed by atoms with van der Waals surface area (Å²) in [7, 11) is 1.72. The van der Waals surface area contributed by atoms with Gasteiger partial charge in [0.25, 0.3) is 0 Å². The number of rotatable bonds is 6. The van der Waals surface area contributed by atoms with Crippen molar-refractivity contribution >= 4 is 11.3 Å². The molecule has 1 N–H and O–H groups in total. The summed E-state index contributed by atoms with van der Waals surface area (Å²) in [4.78, 5) is 2.83. The lowest BCUT2D eigenvalue weighted by atomic mass is 10.1. The number of benzene rings is 1. The number of methoxy groups -OCH3 is 1. The van der Waals surface area contributed by atoms with E-state index in [0.29, 0.717) is 6.61 Å². The molecule has 0 spiro atoms. The highest BCUT2D eigenvalue weighted by molar-refractivity contribution is 7.12. The van der Waals surface area contributed by atoms with E-state index in [0.717, 1.165) is 13.1 Å². The number of aryl methyl sites for hydroxylation is 2. The second kappa shape index (κ2) is 6.85. The molecule has 0 fully saturated rings. The Labute approximate surface area is 119 Å². The first-order chi connectivity index (χ1) is 9.19. The van der Waals surface area contributed by atoms with Crippen molar-refractivity contribution in [3.63, 3.8) is 0 Å². The minimum absolute atomic E-state index is 0.682. The van der Waals surface area contributed by atoms with E-state index in [1.807, 2.05) is 11.3 Å². The molecule has 0 aliphatic rings. The van der Waals surface area contributed by atoms with Crippen LogP contribution in [0.25, 0.3) is 0 Å². The van der Waals surface area contributed by atoms with Crippen LogP contribution in [-0.4, -0.2) is 7.11 Å². The summed E-state index contributed by atoms with van der Waals surface area (Å²) in [5, 5.41) is 3.49. The molecule has 2 aromatic rings. The lowest BCUT2D eigenvalue weighted by molar-refractivity contribution is 0.185. The SMILES string of the molecule is COCc1ccc(CNCc2cc(C)c(C)s2)cc1. The average molecular weight is 275 g/mol. The zero-order valence-electron chi connectivity index (χ0n) is 11.8. The number of thiophene rings is 1. The van der Waals surface area contributed by atoms with Gasteiger partial charge in [0.15, 0.2) is 0 Å². The summed E-state index contributed by atoms with van der Waals surface area (Å²) < 4.78 is 5.11. The second-order valence-electron chi connectivity index (χ2n) is 4.80. The van der Waals surface area contributed by atoms with Crippen molar-refractivity contribution in [3.05, 3.63) is 56.8 Å². The van der Waals surface area contributed by atoms with Crippen LogP contribution in [0.5, 0.6) is 0 Å². The molecule has 0 amide bonds. The molecule has 0 radical (unpaired) electrons. The number of ether oxygens (including phenoxy) is 1. The highest BCUT2D eigenvalue weighted by Crippen LogP contribution is 2.20. The molecule has 2 nitrogen and oxygen atoms in total. The van der Waals surface area contributed by atoms with Gasteiger partial charge < -0.3 is 10.1 Å². The van der Waals surface area contributed by atoms with Crippen molar-refractivity contribution < 1.29 is 4.74 Å². The maximum Gasteiger partial charge on any atom is 0.0713 e. The van der Waals surface area contributed by atoms with Gasteiger partial charge in [-0.25, -0.2) is 0 Å². The zero-order valence-corrected chi connectivity index (χ0v) is 12.6. The molecule has 2 rings (SSSR count). The summed E-state index contributed by atoms with van der Waals surface area (Å²) in [5.41, 5.74) is 3.92. The van der Waals surface area contributed by atoms with Gasteiger partial charge >= 0.3 is 0 Å². The van der Waals surface area contributed by atoms with Gasteiger partial charge in [-0.3, -0.25) is 0 Å². The van der Waals surface area contributed by atoms with Crippen molar-refractivity contribution in [2.45, 2.75) is 33.5 Å². The first-order valence-electron chi connectivity index (χ1n) is 6.52. The first kappa shape index (κ1) is 14.3. The van der Waals surface area contributed by atoms with Gasteiger partial charge in [-0.2, -0.15) is 0 Å². The summed E-state index contributed by atoms with van der Waals surface area (Å²) in [6, 6.07) is 10.8. The maximum absolute atomic E-state index is 5.11. The Kier molecular flexibility index (Phi) is 5.14. The molecule has 102 valence electrons. The van der Waals surface area contributed by atoms with E-state index in [2.05, 4.69) is 49.5 Å². The molecule has 0 saturated heterocycles. The maximum atomic E-state index is 5.11. The Hall–Kier alpha value is -1.16. The topological polar surface area (TPSA) is 21.3 Å². The molecule has 0 saturated carbocycles. The molecule has 1 heterocycles. The van der Waals surface area contributed by atoms with E-state index < -0.39 is 0 Å². The molecule has 0 aliphatic heterocycles. The third kappa shape index (κ3) is 4.16. The fourth-order valence-corrected chi connectivity index (χ4v) is 3.01. The van der Waals surface area contributed by atoms with Crippen LogP contribution in [0, 0.1) is 13.8 Å². The molecule has 0 aliphatic carbocycles. The number of hydrogen-bond acceptors (Lipinski definition) is 3. The van der Waals surface area contributed by atoms with Crippen molar-refractivity contribution in [1.82, 2.24) is 5.32 Å². The lowest BCUT2D eigenvalue weighted by Gasteiger charge is -2.05. The van der Waals surface area contributed by atoms with Crippen molar-refractivity contribution in [3.8, 4) is 0 Å².